The summed E-state index contributed by atoms with van der Waals surface area (Å²) in [7, 11) is 0. The fourth-order valence-corrected chi connectivity index (χ4v) is 1.64. The van der Waals surface area contributed by atoms with Crippen LogP contribution >= 0.6 is 0 Å². The Kier molecular flexibility index (Phi) is 2.60. The van der Waals surface area contributed by atoms with Gasteiger partial charge in [0.2, 0.25) is 0 Å². The first kappa shape index (κ1) is 9.36. The molecule has 1 fully saturated rings. The molecule has 3 nitrogen and oxygen atoms in total. The van der Waals surface area contributed by atoms with Crippen LogP contribution in [-0.4, -0.2) is 17.7 Å². The molecule has 0 aromatic rings. The van der Waals surface area contributed by atoms with Gasteiger partial charge in [-0.1, -0.05) is 20.3 Å². The van der Waals surface area contributed by atoms with E-state index in [1.807, 2.05) is 0 Å². The van der Waals surface area contributed by atoms with Crippen molar-refractivity contribution in [1.29, 1.82) is 0 Å². The summed E-state index contributed by atoms with van der Waals surface area (Å²) in [6.07, 6.45) is 2.91. The first-order chi connectivity index (χ1) is 5.52. The number of carbonyl (C=O) groups is 1. The summed E-state index contributed by atoms with van der Waals surface area (Å²) in [5.74, 6) is 0.712. The van der Waals surface area contributed by atoms with Crippen LogP contribution in [0.1, 0.15) is 33.1 Å². The van der Waals surface area contributed by atoms with E-state index in [0.717, 1.165) is 0 Å². The van der Waals surface area contributed by atoms with E-state index in [4.69, 9.17) is 5.11 Å². The summed E-state index contributed by atoms with van der Waals surface area (Å²) in [5.41, 5.74) is 0.136. The molecule has 0 bridgehead atoms. The average Bonchev–Trinajstić information content (AvgIpc) is 1.78. The maximum atomic E-state index is 10.3. The number of rotatable bonds is 3. The smallest absolute Gasteiger partial charge is 0.404 e. The van der Waals surface area contributed by atoms with Gasteiger partial charge < -0.3 is 10.4 Å². The molecule has 0 aromatic carbocycles. The van der Waals surface area contributed by atoms with Gasteiger partial charge in [0, 0.05) is 6.54 Å². The highest BCUT2D eigenvalue weighted by atomic mass is 16.4. The maximum Gasteiger partial charge on any atom is 0.404 e. The second-order valence-electron chi connectivity index (χ2n) is 4.28. The van der Waals surface area contributed by atoms with Crippen LogP contribution in [0.4, 0.5) is 4.79 Å². The summed E-state index contributed by atoms with van der Waals surface area (Å²) in [6.45, 7) is 4.84. The number of amides is 1. The van der Waals surface area contributed by atoms with Crippen LogP contribution in [-0.2, 0) is 0 Å². The highest BCUT2D eigenvalue weighted by molar-refractivity contribution is 5.64. The lowest BCUT2D eigenvalue weighted by atomic mass is 9.67. The van der Waals surface area contributed by atoms with Gasteiger partial charge in [-0.25, -0.2) is 4.79 Å². The molecule has 0 atom stereocenters. The molecule has 1 saturated carbocycles. The molecule has 0 saturated heterocycles. The lowest BCUT2D eigenvalue weighted by Crippen LogP contribution is -2.40. The third kappa shape index (κ3) is 2.13. The van der Waals surface area contributed by atoms with Crippen LogP contribution in [0, 0.1) is 11.3 Å². The second-order valence-corrected chi connectivity index (χ2v) is 4.28. The van der Waals surface area contributed by atoms with Crippen molar-refractivity contribution in [1.82, 2.24) is 5.32 Å². The number of hydrogen-bond donors (Lipinski definition) is 2. The van der Waals surface area contributed by atoms with Crippen LogP contribution < -0.4 is 5.32 Å². The molecule has 0 aliphatic heterocycles. The predicted octanol–water partition coefficient (Wildman–Crippen LogP) is 2.08. The average molecular weight is 171 g/mol. The Balaban J connectivity index is 2.31. The van der Waals surface area contributed by atoms with E-state index >= 15 is 0 Å². The molecular formula is C9H17NO2. The van der Waals surface area contributed by atoms with Gasteiger partial charge in [-0.2, -0.15) is 0 Å². The lowest BCUT2D eigenvalue weighted by molar-refractivity contribution is 0.115. The van der Waals surface area contributed by atoms with Crippen LogP contribution in [0.15, 0.2) is 0 Å². The molecule has 1 rings (SSSR count). The Bertz CT molecular complexity index is 173. The van der Waals surface area contributed by atoms with Crippen LogP contribution in [0.2, 0.25) is 0 Å². The SMILES string of the molecule is CC(C)(CNC(=O)O)C1CCC1. The van der Waals surface area contributed by atoms with Crippen molar-refractivity contribution in [2.75, 3.05) is 6.54 Å². The van der Waals surface area contributed by atoms with Crippen LogP contribution in [0.3, 0.4) is 0 Å². The van der Waals surface area contributed by atoms with Crippen molar-refractivity contribution < 1.29 is 9.90 Å². The van der Waals surface area contributed by atoms with Crippen LogP contribution in [0.25, 0.3) is 0 Å². The maximum absolute atomic E-state index is 10.3. The van der Waals surface area contributed by atoms with Gasteiger partial charge in [0.1, 0.15) is 0 Å². The first-order valence-electron chi connectivity index (χ1n) is 4.49. The topological polar surface area (TPSA) is 49.3 Å². The zero-order valence-electron chi connectivity index (χ0n) is 7.76. The summed E-state index contributed by atoms with van der Waals surface area (Å²) >= 11 is 0. The van der Waals surface area contributed by atoms with Gasteiger partial charge in [-0.3, -0.25) is 0 Å². The number of carboxylic acid groups (broad SMARTS) is 1. The molecule has 0 spiro atoms. The van der Waals surface area contributed by atoms with E-state index < -0.39 is 6.09 Å². The Labute approximate surface area is 73.2 Å². The van der Waals surface area contributed by atoms with E-state index in [9.17, 15) is 4.79 Å². The third-order valence-corrected chi connectivity index (χ3v) is 2.91. The van der Waals surface area contributed by atoms with Gasteiger partial charge in [-0.05, 0) is 24.2 Å². The molecule has 0 aromatic heterocycles. The lowest BCUT2D eigenvalue weighted by Gasteiger charge is -2.40. The first-order valence-corrected chi connectivity index (χ1v) is 4.49. The molecule has 70 valence electrons. The molecule has 1 aliphatic carbocycles. The quantitative estimate of drug-likeness (QED) is 0.683. The predicted molar refractivity (Wildman–Crippen MR) is 47.1 cm³/mol. The number of hydrogen-bond acceptors (Lipinski definition) is 1. The monoisotopic (exact) mass is 171 g/mol. The van der Waals surface area contributed by atoms with E-state index in [-0.39, 0.29) is 5.41 Å². The molecule has 1 aliphatic rings. The van der Waals surface area contributed by atoms with Gasteiger partial charge >= 0.3 is 6.09 Å². The molecule has 0 radical (unpaired) electrons. The van der Waals surface area contributed by atoms with E-state index in [0.29, 0.717) is 12.5 Å². The van der Waals surface area contributed by atoms with E-state index in [2.05, 4.69) is 19.2 Å². The van der Waals surface area contributed by atoms with Crippen molar-refractivity contribution in [3.05, 3.63) is 0 Å². The fraction of sp³-hybridized carbons (Fsp3) is 0.889. The number of nitrogens with one attached hydrogen (secondary N) is 1. The van der Waals surface area contributed by atoms with Crippen molar-refractivity contribution in [2.45, 2.75) is 33.1 Å². The minimum Gasteiger partial charge on any atom is -0.465 e. The normalized spacial score (nSPS) is 18.5. The van der Waals surface area contributed by atoms with Gasteiger partial charge in [-0.15, -0.1) is 0 Å². The highest BCUT2D eigenvalue weighted by Crippen LogP contribution is 2.40. The Hall–Kier alpha value is -0.730. The molecule has 1 amide bonds. The fourth-order valence-electron chi connectivity index (χ4n) is 1.64. The van der Waals surface area contributed by atoms with Gasteiger partial charge in [0.15, 0.2) is 0 Å². The van der Waals surface area contributed by atoms with Crippen LogP contribution in [0.5, 0.6) is 0 Å². The summed E-state index contributed by atoms with van der Waals surface area (Å²) in [4.78, 5) is 10.3. The minimum atomic E-state index is -0.914. The minimum absolute atomic E-state index is 0.136. The summed E-state index contributed by atoms with van der Waals surface area (Å²) < 4.78 is 0. The highest BCUT2D eigenvalue weighted by Gasteiger charge is 2.33. The Morgan fingerprint density at radius 3 is 2.50 bits per heavy atom. The summed E-state index contributed by atoms with van der Waals surface area (Å²) in [5, 5.41) is 10.9. The molecule has 3 heteroatoms. The van der Waals surface area contributed by atoms with Gasteiger partial charge in [0.25, 0.3) is 0 Å². The molecular weight excluding hydrogens is 154 g/mol. The van der Waals surface area contributed by atoms with E-state index in [1.165, 1.54) is 19.3 Å². The molecule has 0 heterocycles. The molecule has 12 heavy (non-hydrogen) atoms. The standard InChI is InChI=1S/C9H17NO2/c1-9(2,6-10-8(11)12)7-4-3-5-7/h7,10H,3-6H2,1-2H3,(H,11,12). The molecule has 2 N–H and O–H groups in total. The Morgan fingerprint density at radius 1 is 1.58 bits per heavy atom. The van der Waals surface area contributed by atoms with Crippen molar-refractivity contribution in [2.24, 2.45) is 11.3 Å². The largest absolute Gasteiger partial charge is 0.465 e. The van der Waals surface area contributed by atoms with Gasteiger partial charge in [0.05, 0.1) is 0 Å². The van der Waals surface area contributed by atoms with Crippen molar-refractivity contribution in [3.8, 4) is 0 Å². The summed E-state index contributed by atoms with van der Waals surface area (Å²) in [6, 6.07) is 0. The van der Waals surface area contributed by atoms with Crippen molar-refractivity contribution >= 4 is 6.09 Å². The van der Waals surface area contributed by atoms with Crippen molar-refractivity contribution in [3.63, 3.8) is 0 Å². The second kappa shape index (κ2) is 3.33. The van der Waals surface area contributed by atoms with E-state index in [1.54, 1.807) is 0 Å². The third-order valence-electron chi connectivity index (χ3n) is 2.91. The molecule has 0 unspecified atom stereocenters. The zero-order valence-corrected chi connectivity index (χ0v) is 7.76. The Morgan fingerprint density at radius 2 is 2.17 bits per heavy atom. The zero-order chi connectivity index (χ0) is 9.19.